The molecule has 1 amide bonds. The minimum atomic E-state index is -4.40. The lowest BCUT2D eigenvalue weighted by molar-refractivity contribution is -0.193. The summed E-state index contributed by atoms with van der Waals surface area (Å²) in [7, 11) is 0.929. The number of rotatable bonds is 3. The van der Waals surface area contributed by atoms with E-state index in [1.165, 1.54) is 0 Å². The van der Waals surface area contributed by atoms with Crippen LogP contribution in [-0.2, 0) is 14.3 Å². The molecule has 5 nitrogen and oxygen atoms in total. The number of esters is 1. The number of halogens is 7. The van der Waals surface area contributed by atoms with Crippen molar-refractivity contribution in [3.8, 4) is 16.9 Å². The van der Waals surface area contributed by atoms with E-state index in [9.17, 15) is 40.3 Å². The number of amides is 1. The summed E-state index contributed by atoms with van der Waals surface area (Å²) in [6.07, 6.45) is -4.40. The molecule has 1 heterocycles. The lowest BCUT2D eigenvalue weighted by Gasteiger charge is -2.36. The molecule has 12 heteroatoms. The molecule has 0 spiro atoms. The number of fused-ring (bicyclic) bond motifs is 1. The topological polar surface area (TPSA) is 55.8 Å². The number of anilines is 1. The van der Waals surface area contributed by atoms with Crippen LogP contribution in [0.2, 0.25) is 0 Å². The maximum Gasteiger partial charge on any atom is 0.483 e. The highest BCUT2D eigenvalue weighted by atomic mass is 19.3. The number of ether oxygens (including phenoxy) is 2. The Morgan fingerprint density at radius 3 is 2.06 bits per heavy atom. The van der Waals surface area contributed by atoms with Gasteiger partial charge >= 0.3 is 18.0 Å². The van der Waals surface area contributed by atoms with Crippen molar-refractivity contribution < 1.29 is 49.8 Å². The molecule has 1 aliphatic heterocycles. The largest absolute Gasteiger partial charge is 0.483 e. The van der Waals surface area contributed by atoms with Gasteiger partial charge in [-0.1, -0.05) is 0 Å². The van der Waals surface area contributed by atoms with Gasteiger partial charge in [0.25, 0.3) is 0 Å². The van der Waals surface area contributed by atoms with Crippen LogP contribution in [0.5, 0.6) is 5.75 Å². The van der Waals surface area contributed by atoms with E-state index < -0.39 is 75.7 Å². The molecule has 2 aromatic carbocycles. The monoisotopic (exact) mass is 451 g/mol. The average Bonchev–Trinajstić information content (AvgIpc) is 2.71. The second-order valence-electron chi connectivity index (χ2n) is 6.57. The van der Waals surface area contributed by atoms with E-state index in [1.807, 2.05) is 0 Å². The molecule has 0 bridgehead atoms. The van der Waals surface area contributed by atoms with Crippen LogP contribution in [0.1, 0.15) is 12.5 Å². The van der Waals surface area contributed by atoms with Crippen molar-refractivity contribution in [3.05, 3.63) is 46.8 Å². The zero-order chi connectivity index (χ0) is 23.4. The number of hydrogen-bond acceptors (Lipinski definition) is 4. The summed E-state index contributed by atoms with van der Waals surface area (Å²) in [5.41, 5.74) is -2.71. The van der Waals surface area contributed by atoms with Crippen molar-refractivity contribution in [3.63, 3.8) is 0 Å². The second kappa shape index (κ2) is 7.43. The molecular formula is C19H12F7NO4. The summed E-state index contributed by atoms with van der Waals surface area (Å²) in [5.74, 6) is -14.9. The normalized spacial score (nSPS) is 15.9. The maximum atomic E-state index is 14.3. The third-order valence-corrected chi connectivity index (χ3v) is 4.68. The number of nitrogens with zero attached hydrogens (tertiary/aromatic N) is 1. The van der Waals surface area contributed by atoms with Crippen LogP contribution in [0.25, 0.3) is 11.1 Å². The van der Waals surface area contributed by atoms with Crippen LogP contribution in [0.15, 0.2) is 12.1 Å². The first-order valence-electron chi connectivity index (χ1n) is 8.48. The molecule has 0 saturated heterocycles. The Hall–Kier alpha value is -3.31. The van der Waals surface area contributed by atoms with Gasteiger partial charge in [0, 0.05) is 0 Å². The SMILES string of the molecule is COC(=O)[C@@H](C)N1C(=O)C(F)(F)Oc2cc(C)c(-c3c(F)c(F)c(F)c(F)c3F)cc21. The number of carbonyl (C=O) groups excluding carboxylic acids is 2. The first-order valence-corrected chi connectivity index (χ1v) is 8.48. The van der Waals surface area contributed by atoms with Crippen LogP contribution < -0.4 is 9.64 Å². The number of hydrogen-bond donors (Lipinski definition) is 0. The lowest BCUT2D eigenvalue weighted by Crippen LogP contribution is -2.56. The molecule has 0 aliphatic carbocycles. The van der Waals surface area contributed by atoms with Gasteiger partial charge in [0.1, 0.15) is 6.04 Å². The molecule has 0 unspecified atom stereocenters. The van der Waals surface area contributed by atoms with E-state index >= 15 is 0 Å². The third kappa shape index (κ3) is 3.35. The van der Waals surface area contributed by atoms with Gasteiger partial charge in [-0.2, -0.15) is 8.78 Å². The predicted octanol–water partition coefficient (Wildman–Crippen LogP) is 4.24. The summed E-state index contributed by atoms with van der Waals surface area (Å²) in [4.78, 5) is 24.4. The van der Waals surface area contributed by atoms with Crippen LogP contribution in [0, 0.1) is 36.0 Å². The Morgan fingerprint density at radius 2 is 1.55 bits per heavy atom. The van der Waals surface area contributed by atoms with Crippen molar-refractivity contribution in [1.82, 2.24) is 0 Å². The summed E-state index contributed by atoms with van der Waals surface area (Å²) in [6.45, 7) is 2.17. The smallest absolute Gasteiger partial charge is 0.467 e. The van der Waals surface area contributed by atoms with Gasteiger partial charge in [-0.25, -0.2) is 26.7 Å². The Kier molecular flexibility index (Phi) is 5.36. The fourth-order valence-electron chi connectivity index (χ4n) is 3.14. The predicted molar refractivity (Wildman–Crippen MR) is 90.9 cm³/mol. The quantitative estimate of drug-likeness (QED) is 0.303. The summed E-state index contributed by atoms with van der Waals surface area (Å²) >= 11 is 0. The van der Waals surface area contributed by atoms with Crippen molar-refractivity contribution in [2.45, 2.75) is 26.0 Å². The van der Waals surface area contributed by atoms with Gasteiger partial charge in [0.05, 0.1) is 18.4 Å². The standard InChI is InChI=1S/C19H12F7NO4/c1-6-4-10-9(27(7(2)17(28)30-3)18(29)19(25,26)31-10)5-8(6)11-12(20)14(22)16(24)15(23)13(11)21/h4-5,7H,1-3H3/t7-/m1/s1. The zero-order valence-corrected chi connectivity index (χ0v) is 16.0. The molecule has 1 aliphatic rings. The Balaban J connectivity index is 2.33. The van der Waals surface area contributed by atoms with Crippen LogP contribution in [0.3, 0.4) is 0 Å². The molecule has 31 heavy (non-hydrogen) atoms. The molecule has 3 rings (SSSR count). The molecular weight excluding hydrogens is 439 g/mol. The molecule has 0 fully saturated rings. The number of methoxy groups -OCH3 is 1. The van der Waals surface area contributed by atoms with Crippen LogP contribution in [-0.4, -0.2) is 31.1 Å². The molecule has 1 atom stereocenters. The highest BCUT2D eigenvalue weighted by Crippen LogP contribution is 2.45. The van der Waals surface area contributed by atoms with Crippen molar-refractivity contribution in [2.75, 3.05) is 12.0 Å². The van der Waals surface area contributed by atoms with E-state index in [-0.39, 0.29) is 10.5 Å². The van der Waals surface area contributed by atoms with Gasteiger partial charge in [-0.05, 0) is 37.1 Å². The zero-order valence-electron chi connectivity index (χ0n) is 16.0. The Labute approximate surface area is 170 Å². The molecule has 0 radical (unpaired) electrons. The molecule has 0 saturated carbocycles. The lowest BCUT2D eigenvalue weighted by atomic mass is 9.96. The van der Waals surface area contributed by atoms with Gasteiger partial charge in [0.15, 0.2) is 29.0 Å². The fourth-order valence-corrected chi connectivity index (χ4v) is 3.14. The molecule has 0 N–H and O–H groups in total. The molecule has 166 valence electrons. The van der Waals surface area contributed by atoms with E-state index in [0.717, 1.165) is 33.1 Å². The van der Waals surface area contributed by atoms with Gasteiger partial charge < -0.3 is 9.47 Å². The van der Waals surface area contributed by atoms with E-state index in [0.29, 0.717) is 0 Å². The van der Waals surface area contributed by atoms with E-state index in [1.54, 1.807) is 0 Å². The Morgan fingerprint density at radius 1 is 1.03 bits per heavy atom. The van der Waals surface area contributed by atoms with E-state index in [2.05, 4.69) is 9.47 Å². The summed E-state index contributed by atoms with van der Waals surface area (Å²) in [6, 6.07) is -0.103. The first-order chi connectivity index (χ1) is 14.3. The van der Waals surface area contributed by atoms with Crippen molar-refractivity contribution >= 4 is 17.6 Å². The summed E-state index contributed by atoms with van der Waals surface area (Å²) < 4.78 is 106. The van der Waals surface area contributed by atoms with Gasteiger partial charge in [0.2, 0.25) is 5.82 Å². The number of carbonyl (C=O) groups is 2. The van der Waals surface area contributed by atoms with Crippen molar-refractivity contribution in [1.29, 1.82) is 0 Å². The molecule has 0 aromatic heterocycles. The van der Waals surface area contributed by atoms with E-state index in [4.69, 9.17) is 0 Å². The van der Waals surface area contributed by atoms with Gasteiger partial charge in [-0.15, -0.1) is 0 Å². The highest BCUT2D eigenvalue weighted by Gasteiger charge is 2.53. The van der Waals surface area contributed by atoms with Crippen LogP contribution in [0.4, 0.5) is 36.4 Å². The first kappa shape index (κ1) is 22.4. The number of benzene rings is 2. The second-order valence-corrected chi connectivity index (χ2v) is 6.57. The average molecular weight is 451 g/mol. The third-order valence-electron chi connectivity index (χ3n) is 4.68. The Bertz CT molecular complexity index is 1090. The highest BCUT2D eigenvalue weighted by molar-refractivity contribution is 6.05. The maximum absolute atomic E-state index is 14.3. The number of aryl methyl sites for hydroxylation is 1. The minimum absolute atomic E-state index is 0.210. The van der Waals surface area contributed by atoms with Gasteiger partial charge in [-0.3, -0.25) is 9.69 Å². The minimum Gasteiger partial charge on any atom is -0.467 e. The summed E-state index contributed by atoms with van der Waals surface area (Å²) in [5, 5.41) is 0. The molecule has 2 aromatic rings. The van der Waals surface area contributed by atoms with Crippen molar-refractivity contribution in [2.24, 2.45) is 0 Å². The fraction of sp³-hybridized carbons (Fsp3) is 0.263. The number of alkyl halides is 2. The van der Waals surface area contributed by atoms with Crippen LogP contribution >= 0.6 is 0 Å².